The van der Waals surface area contributed by atoms with E-state index < -0.39 is 18.0 Å². The van der Waals surface area contributed by atoms with E-state index in [9.17, 15) is 14.7 Å². The normalized spacial score (nSPS) is 20.3. The second-order valence-corrected chi connectivity index (χ2v) is 9.16. The number of amides is 1. The fourth-order valence-corrected chi connectivity index (χ4v) is 5.52. The van der Waals surface area contributed by atoms with E-state index in [2.05, 4.69) is 24.3 Å². The van der Waals surface area contributed by atoms with Crippen molar-refractivity contribution in [3.8, 4) is 22.6 Å². The fraction of sp³-hybridized carbons (Fsp3) is 0.286. The zero-order valence-corrected chi connectivity index (χ0v) is 19.1. The molecule has 2 aliphatic heterocycles. The predicted octanol–water partition coefficient (Wildman–Crippen LogP) is 4.51. The Bertz CT molecular complexity index is 1260. The van der Waals surface area contributed by atoms with E-state index in [4.69, 9.17) is 14.2 Å². The molecule has 1 aliphatic carbocycles. The Kier molecular flexibility index (Phi) is 5.32. The van der Waals surface area contributed by atoms with Gasteiger partial charge in [-0.2, -0.15) is 0 Å². The molecule has 0 radical (unpaired) electrons. The minimum absolute atomic E-state index is 0.0437. The van der Waals surface area contributed by atoms with Gasteiger partial charge in [0.05, 0.1) is 5.92 Å². The van der Waals surface area contributed by atoms with Gasteiger partial charge in [-0.05, 0) is 39.9 Å². The molecule has 3 aliphatic rings. The quantitative estimate of drug-likeness (QED) is 0.603. The Morgan fingerprint density at radius 3 is 2.23 bits per heavy atom. The highest BCUT2D eigenvalue weighted by Crippen LogP contribution is 2.45. The summed E-state index contributed by atoms with van der Waals surface area (Å²) >= 11 is 0. The molecule has 6 rings (SSSR count). The molecule has 1 amide bonds. The zero-order valence-electron chi connectivity index (χ0n) is 19.1. The number of carbonyl (C=O) groups excluding carboxylic acids is 1. The summed E-state index contributed by atoms with van der Waals surface area (Å²) in [7, 11) is 0. The molecule has 2 heterocycles. The lowest BCUT2D eigenvalue weighted by atomic mass is 9.89. The van der Waals surface area contributed by atoms with Gasteiger partial charge in [0.2, 0.25) is 0 Å². The number of carboxylic acid groups (broad SMARTS) is 1. The molecule has 1 N–H and O–H groups in total. The van der Waals surface area contributed by atoms with Gasteiger partial charge in [-0.25, -0.2) is 4.79 Å². The lowest BCUT2D eigenvalue weighted by Gasteiger charge is -2.21. The number of benzene rings is 3. The maximum absolute atomic E-state index is 13.1. The van der Waals surface area contributed by atoms with Crippen molar-refractivity contribution in [2.24, 2.45) is 5.92 Å². The first-order chi connectivity index (χ1) is 17.1. The average molecular weight is 472 g/mol. The summed E-state index contributed by atoms with van der Waals surface area (Å²) in [5, 5.41) is 9.87. The summed E-state index contributed by atoms with van der Waals surface area (Å²) in [6.07, 6.45) is -0.488. The summed E-state index contributed by atoms with van der Waals surface area (Å²) < 4.78 is 17.0. The van der Waals surface area contributed by atoms with E-state index in [0.717, 1.165) is 27.8 Å². The third-order valence-electron chi connectivity index (χ3n) is 7.23. The molecule has 2 atom stereocenters. The number of nitrogens with zero attached hydrogens (tertiary/aromatic N) is 1. The van der Waals surface area contributed by atoms with Crippen LogP contribution in [0, 0.1) is 5.92 Å². The molecule has 0 saturated carbocycles. The number of hydrogen-bond donors (Lipinski definition) is 1. The number of carbonyl (C=O) groups is 2. The van der Waals surface area contributed by atoms with Crippen molar-refractivity contribution in [1.29, 1.82) is 0 Å². The average Bonchev–Trinajstić information content (AvgIpc) is 3.48. The van der Waals surface area contributed by atoms with Crippen LogP contribution in [0.25, 0.3) is 11.1 Å². The molecule has 3 aromatic carbocycles. The molecule has 1 fully saturated rings. The van der Waals surface area contributed by atoms with Crippen LogP contribution in [-0.4, -0.2) is 55.0 Å². The molecule has 7 heteroatoms. The number of carboxylic acids is 1. The van der Waals surface area contributed by atoms with Crippen LogP contribution in [0.3, 0.4) is 0 Å². The van der Waals surface area contributed by atoms with E-state index >= 15 is 0 Å². The molecular formula is C28H25NO6. The highest BCUT2D eigenvalue weighted by molar-refractivity contribution is 5.79. The van der Waals surface area contributed by atoms with Gasteiger partial charge in [0, 0.05) is 24.9 Å². The number of fused-ring (bicyclic) bond motifs is 4. The maximum Gasteiger partial charge on any atom is 0.409 e. The summed E-state index contributed by atoms with van der Waals surface area (Å²) in [4.78, 5) is 26.6. The number of rotatable bonds is 4. The summed E-state index contributed by atoms with van der Waals surface area (Å²) in [6, 6.07) is 21.8. The van der Waals surface area contributed by atoms with Gasteiger partial charge in [-0.15, -0.1) is 0 Å². The molecule has 0 spiro atoms. The molecule has 0 unspecified atom stereocenters. The summed E-state index contributed by atoms with van der Waals surface area (Å²) in [5.41, 5.74) is 5.42. The monoisotopic (exact) mass is 471 g/mol. The maximum atomic E-state index is 13.1. The standard InChI is InChI=1S/C28H25NO6/c30-27(31)23-15-29(14-22(23)17-9-10-25-26(13-17)34-12-11-33-25)28(32)35-16-24-20-7-3-1-5-18(20)19-6-2-4-8-21(19)24/h1-10,13,22-24H,11-12,14-16H2,(H,30,31)/t22-,23+/m0/s1. The molecule has 35 heavy (non-hydrogen) atoms. The third kappa shape index (κ3) is 3.77. The first kappa shape index (κ1) is 21.5. The van der Waals surface area contributed by atoms with Gasteiger partial charge in [0.15, 0.2) is 11.5 Å². The minimum atomic E-state index is -0.932. The smallest absolute Gasteiger partial charge is 0.409 e. The van der Waals surface area contributed by atoms with Crippen molar-refractivity contribution < 1.29 is 28.9 Å². The Labute approximate surface area is 202 Å². The first-order valence-electron chi connectivity index (χ1n) is 11.8. The molecule has 7 nitrogen and oxygen atoms in total. The largest absolute Gasteiger partial charge is 0.486 e. The van der Waals surface area contributed by atoms with Crippen LogP contribution in [0.2, 0.25) is 0 Å². The molecule has 0 aromatic heterocycles. The van der Waals surface area contributed by atoms with Crippen molar-refractivity contribution in [3.05, 3.63) is 83.4 Å². The second kappa shape index (κ2) is 8.65. The predicted molar refractivity (Wildman–Crippen MR) is 128 cm³/mol. The van der Waals surface area contributed by atoms with E-state index in [1.807, 2.05) is 36.4 Å². The van der Waals surface area contributed by atoms with Gasteiger partial charge >= 0.3 is 12.1 Å². The highest BCUT2D eigenvalue weighted by Gasteiger charge is 2.42. The number of hydrogen-bond acceptors (Lipinski definition) is 5. The second-order valence-electron chi connectivity index (χ2n) is 9.16. The Hall–Kier alpha value is -4.00. The third-order valence-corrected chi connectivity index (χ3v) is 7.23. The van der Waals surface area contributed by atoms with Crippen LogP contribution in [0.1, 0.15) is 28.5 Å². The summed E-state index contributed by atoms with van der Waals surface area (Å²) in [6.45, 7) is 1.52. The number of likely N-dealkylation sites (tertiary alicyclic amines) is 1. The molecular weight excluding hydrogens is 446 g/mol. The van der Waals surface area contributed by atoms with Gasteiger partial charge in [-0.3, -0.25) is 4.79 Å². The highest BCUT2D eigenvalue weighted by atomic mass is 16.6. The van der Waals surface area contributed by atoms with Crippen molar-refractivity contribution in [2.75, 3.05) is 32.9 Å². The van der Waals surface area contributed by atoms with Gasteiger partial charge < -0.3 is 24.2 Å². The van der Waals surface area contributed by atoms with Gasteiger partial charge in [0.25, 0.3) is 0 Å². The molecule has 1 saturated heterocycles. The van der Waals surface area contributed by atoms with Crippen molar-refractivity contribution >= 4 is 12.1 Å². The van der Waals surface area contributed by atoms with Crippen LogP contribution in [0.4, 0.5) is 4.79 Å². The minimum Gasteiger partial charge on any atom is -0.486 e. The van der Waals surface area contributed by atoms with E-state index in [1.165, 1.54) is 4.90 Å². The van der Waals surface area contributed by atoms with Crippen molar-refractivity contribution in [2.45, 2.75) is 11.8 Å². The molecule has 3 aromatic rings. The lowest BCUT2D eigenvalue weighted by molar-refractivity contribution is -0.141. The van der Waals surface area contributed by atoms with E-state index in [-0.39, 0.29) is 31.5 Å². The van der Waals surface area contributed by atoms with Crippen LogP contribution >= 0.6 is 0 Å². The van der Waals surface area contributed by atoms with Crippen LogP contribution < -0.4 is 9.47 Å². The fourth-order valence-electron chi connectivity index (χ4n) is 5.52. The molecule has 178 valence electrons. The van der Waals surface area contributed by atoms with Crippen LogP contribution in [0.15, 0.2) is 66.7 Å². The first-order valence-corrected chi connectivity index (χ1v) is 11.8. The van der Waals surface area contributed by atoms with E-state index in [1.54, 1.807) is 6.07 Å². The Morgan fingerprint density at radius 1 is 0.886 bits per heavy atom. The lowest BCUT2D eigenvalue weighted by Crippen LogP contribution is -2.31. The van der Waals surface area contributed by atoms with Crippen molar-refractivity contribution in [1.82, 2.24) is 4.90 Å². The Morgan fingerprint density at radius 2 is 1.54 bits per heavy atom. The molecule has 0 bridgehead atoms. The zero-order chi connectivity index (χ0) is 23.9. The SMILES string of the molecule is O=C(O)[C@@H]1CN(C(=O)OCC2c3ccccc3-c3ccccc32)C[C@H]1c1ccc2c(c1)OCCO2. The van der Waals surface area contributed by atoms with Gasteiger partial charge in [-0.1, -0.05) is 54.6 Å². The van der Waals surface area contributed by atoms with E-state index in [0.29, 0.717) is 24.7 Å². The van der Waals surface area contributed by atoms with Crippen molar-refractivity contribution in [3.63, 3.8) is 0 Å². The Balaban J connectivity index is 1.19. The van der Waals surface area contributed by atoms with Gasteiger partial charge in [0.1, 0.15) is 19.8 Å². The van der Waals surface area contributed by atoms with Crippen LogP contribution in [0.5, 0.6) is 11.5 Å². The topological polar surface area (TPSA) is 85.3 Å². The summed E-state index contributed by atoms with van der Waals surface area (Å²) in [5.74, 6) is -0.797. The van der Waals surface area contributed by atoms with Crippen LogP contribution in [-0.2, 0) is 9.53 Å². The number of ether oxygens (including phenoxy) is 3. The number of aliphatic carboxylic acids is 1.